The third kappa shape index (κ3) is 4.46. The van der Waals surface area contributed by atoms with Crippen molar-refractivity contribution in [2.45, 2.75) is 68.5 Å². The van der Waals surface area contributed by atoms with Crippen molar-refractivity contribution in [3.05, 3.63) is 36.4 Å². The van der Waals surface area contributed by atoms with Crippen LogP contribution < -0.4 is 10.5 Å². The van der Waals surface area contributed by atoms with E-state index in [0.29, 0.717) is 6.42 Å². The predicted molar refractivity (Wildman–Crippen MR) is 109 cm³/mol. The van der Waals surface area contributed by atoms with E-state index in [1.807, 2.05) is 24.3 Å². The van der Waals surface area contributed by atoms with E-state index < -0.39 is 42.8 Å². The molecule has 0 aromatic heterocycles. The van der Waals surface area contributed by atoms with Gasteiger partial charge in [-0.3, -0.25) is 0 Å². The number of carbonyl (C=O) groups is 1. The molecule has 1 saturated heterocycles. The average Bonchev–Trinajstić information content (AvgIpc) is 2.76. The van der Waals surface area contributed by atoms with Crippen molar-refractivity contribution in [2.75, 3.05) is 0 Å². The number of phenols is 1. The molecule has 0 amide bonds. The molecule has 7 atom stereocenters. The number of aliphatic hydroxyl groups is 3. The first-order chi connectivity index (χ1) is 14.8. The van der Waals surface area contributed by atoms with Crippen LogP contribution in [0, 0.1) is 0 Å². The van der Waals surface area contributed by atoms with E-state index in [9.17, 15) is 25.2 Å². The first-order valence-corrected chi connectivity index (χ1v) is 10.4. The molecule has 4 rings (SSSR count). The molecule has 1 aliphatic heterocycles. The van der Waals surface area contributed by atoms with Gasteiger partial charge in [-0.1, -0.05) is 30.7 Å². The molecule has 2 fully saturated rings. The van der Waals surface area contributed by atoms with Crippen molar-refractivity contribution in [1.82, 2.24) is 0 Å². The smallest absolute Gasteiger partial charge is 0.338 e. The van der Waals surface area contributed by atoms with Crippen LogP contribution in [-0.2, 0) is 14.3 Å². The Hall–Kier alpha value is -2.43. The monoisotopic (exact) mass is 433 g/mol. The van der Waals surface area contributed by atoms with Gasteiger partial charge in [0.2, 0.25) is 6.29 Å². The second-order valence-electron chi connectivity index (χ2n) is 8.11. The summed E-state index contributed by atoms with van der Waals surface area (Å²) in [6, 6.07) is 9.99. The van der Waals surface area contributed by atoms with Crippen LogP contribution in [0.2, 0.25) is 0 Å². The van der Waals surface area contributed by atoms with Gasteiger partial charge in [-0.2, -0.15) is 0 Å². The van der Waals surface area contributed by atoms with Crippen LogP contribution in [-0.4, -0.2) is 69.2 Å². The Morgan fingerprint density at radius 2 is 1.68 bits per heavy atom. The Morgan fingerprint density at radius 3 is 2.39 bits per heavy atom. The highest BCUT2D eigenvalue weighted by Gasteiger charge is 2.49. The molecule has 0 radical (unpaired) electrons. The van der Waals surface area contributed by atoms with Gasteiger partial charge in [-0.05, 0) is 42.2 Å². The summed E-state index contributed by atoms with van der Waals surface area (Å²) < 4.78 is 16.5. The van der Waals surface area contributed by atoms with Crippen LogP contribution in [0.15, 0.2) is 36.4 Å². The summed E-state index contributed by atoms with van der Waals surface area (Å²) in [5.41, 5.74) is 6.01. The van der Waals surface area contributed by atoms with E-state index >= 15 is 0 Å². The number of hydrogen-bond acceptors (Lipinski definition) is 9. The number of carbonyl (C=O) groups excluding carboxylic acids is 1. The SMILES string of the molecule is NC1CCCCC1OC(=O)C1OC(Oc2cc3ccccc3cc2O)C(O)C(O)C1O. The fourth-order valence-electron chi connectivity index (χ4n) is 4.06. The summed E-state index contributed by atoms with van der Waals surface area (Å²) in [6.45, 7) is 0. The minimum Gasteiger partial charge on any atom is -0.504 e. The number of fused-ring (bicyclic) bond motifs is 1. The lowest BCUT2D eigenvalue weighted by molar-refractivity contribution is -0.274. The van der Waals surface area contributed by atoms with Gasteiger partial charge in [0.25, 0.3) is 0 Å². The fourth-order valence-corrected chi connectivity index (χ4v) is 4.06. The lowest BCUT2D eigenvalue weighted by atomic mass is 9.93. The molecule has 31 heavy (non-hydrogen) atoms. The van der Waals surface area contributed by atoms with Gasteiger partial charge in [0.15, 0.2) is 17.6 Å². The predicted octanol–water partition coefficient (Wildman–Crippen LogP) is 0.545. The van der Waals surface area contributed by atoms with Crippen molar-refractivity contribution < 1.29 is 39.4 Å². The molecule has 1 aliphatic carbocycles. The Kier molecular flexibility index (Phi) is 6.31. The van der Waals surface area contributed by atoms with Gasteiger partial charge < -0.3 is 40.4 Å². The first-order valence-electron chi connectivity index (χ1n) is 10.4. The molecule has 9 heteroatoms. The van der Waals surface area contributed by atoms with Gasteiger partial charge in [0, 0.05) is 6.04 Å². The lowest BCUT2D eigenvalue weighted by Crippen LogP contribution is -2.62. The standard InChI is InChI=1S/C22H27NO8/c23-13-7-3-4-8-15(13)29-21(28)20-18(26)17(25)19(27)22(31-20)30-16-10-12-6-2-1-5-11(12)9-14(16)24/h1-2,5-6,9-10,13,15,17-20,22,24-27H,3-4,7-8,23H2. The van der Waals surface area contributed by atoms with Gasteiger partial charge >= 0.3 is 5.97 Å². The van der Waals surface area contributed by atoms with E-state index in [0.717, 1.165) is 30.0 Å². The van der Waals surface area contributed by atoms with Crippen molar-refractivity contribution in [1.29, 1.82) is 0 Å². The fraction of sp³-hybridized carbons (Fsp3) is 0.500. The molecule has 9 nitrogen and oxygen atoms in total. The zero-order valence-corrected chi connectivity index (χ0v) is 16.8. The van der Waals surface area contributed by atoms with E-state index in [2.05, 4.69) is 0 Å². The molecule has 1 heterocycles. The quantitative estimate of drug-likeness (QED) is 0.435. The molecule has 2 aromatic carbocycles. The topological polar surface area (TPSA) is 152 Å². The third-order valence-corrected chi connectivity index (χ3v) is 5.89. The zero-order valence-electron chi connectivity index (χ0n) is 16.8. The van der Waals surface area contributed by atoms with Crippen LogP contribution >= 0.6 is 0 Å². The summed E-state index contributed by atoms with van der Waals surface area (Å²) in [7, 11) is 0. The van der Waals surface area contributed by atoms with Crippen LogP contribution in [0.3, 0.4) is 0 Å². The normalized spacial score (nSPS) is 33.7. The van der Waals surface area contributed by atoms with Gasteiger partial charge in [0.1, 0.15) is 24.4 Å². The van der Waals surface area contributed by atoms with Crippen molar-refractivity contribution in [3.8, 4) is 11.5 Å². The second-order valence-corrected chi connectivity index (χ2v) is 8.11. The zero-order chi connectivity index (χ0) is 22.1. The van der Waals surface area contributed by atoms with E-state index in [1.54, 1.807) is 6.07 Å². The Morgan fingerprint density at radius 1 is 1.00 bits per heavy atom. The minimum absolute atomic E-state index is 0.00670. The Balaban J connectivity index is 1.51. The third-order valence-electron chi connectivity index (χ3n) is 5.89. The summed E-state index contributed by atoms with van der Waals surface area (Å²) >= 11 is 0. The first kappa shape index (κ1) is 21.8. The molecule has 168 valence electrons. The number of esters is 1. The summed E-state index contributed by atoms with van der Waals surface area (Å²) in [4.78, 5) is 12.7. The highest BCUT2D eigenvalue weighted by molar-refractivity contribution is 5.85. The molecule has 2 aliphatic rings. The summed E-state index contributed by atoms with van der Waals surface area (Å²) in [5, 5.41) is 42.7. The number of aliphatic hydroxyl groups excluding tert-OH is 3. The van der Waals surface area contributed by atoms with Gasteiger partial charge in [-0.25, -0.2) is 4.79 Å². The van der Waals surface area contributed by atoms with Crippen LogP contribution in [0.25, 0.3) is 10.8 Å². The van der Waals surface area contributed by atoms with Gasteiger partial charge in [0.05, 0.1) is 0 Å². The molecule has 0 spiro atoms. The number of nitrogens with two attached hydrogens (primary N) is 1. The summed E-state index contributed by atoms with van der Waals surface area (Å²) in [6.07, 6.45) is -5.57. The van der Waals surface area contributed by atoms with E-state index in [1.165, 1.54) is 6.07 Å². The maximum atomic E-state index is 12.7. The number of aromatic hydroxyl groups is 1. The number of hydrogen-bond donors (Lipinski definition) is 5. The molecular weight excluding hydrogens is 406 g/mol. The van der Waals surface area contributed by atoms with Gasteiger partial charge in [-0.15, -0.1) is 0 Å². The maximum absolute atomic E-state index is 12.7. The highest BCUT2D eigenvalue weighted by atomic mass is 16.7. The van der Waals surface area contributed by atoms with E-state index in [4.69, 9.17) is 19.9 Å². The van der Waals surface area contributed by atoms with Crippen LogP contribution in [0.5, 0.6) is 11.5 Å². The second kappa shape index (κ2) is 8.97. The van der Waals surface area contributed by atoms with Crippen molar-refractivity contribution in [3.63, 3.8) is 0 Å². The maximum Gasteiger partial charge on any atom is 0.338 e. The van der Waals surface area contributed by atoms with Crippen LogP contribution in [0.1, 0.15) is 25.7 Å². The molecule has 6 N–H and O–H groups in total. The number of benzene rings is 2. The highest BCUT2D eigenvalue weighted by Crippen LogP contribution is 2.34. The number of phenolic OH excluding ortho intramolecular Hbond substituents is 1. The number of rotatable bonds is 4. The number of ether oxygens (including phenoxy) is 3. The van der Waals surface area contributed by atoms with E-state index in [-0.39, 0.29) is 17.5 Å². The van der Waals surface area contributed by atoms with Crippen molar-refractivity contribution in [2.24, 2.45) is 5.73 Å². The Bertz CT molecular complexity index is 937. The molecule has 0 bridgehead atoms. The lowest BCUT2D eigenvalue weighted by Gasteiger charge is -2.40. The van der Waals surface area contributed by atoms with Crippen molar-refractivity contribution >= 4 is 16.7 Å². The Labute approximate surface area is 178 Å². The van der Waals surface area contributed by atoms with Crippen LogP contribution in [0.4, 0.5) is 0 Å². The summed E-state index contributed by atoms with van der Waals surface area (Å²) in [5.74, 6) is -1.10. The minimum atomic E-state index is -1.72. The largest absolute Gasteiger partial charge is 0.504 e. The average molecular weight is 433 g/mol. The molecular formula is C22H27NO8. The molecule has 7 unspecified atom stereocenters. The molecule has 1 saturated carbocycles. The molecule has 2 aromatic rings.